The van der Waals surface area contributed by atoms with Crippen molar-refractivity contribution in [2.24, 2.45) is 0 Å². The Hall–Kier alpha value is -1.98. The summed E-state index contributed by atoms with van der Waals surface area (Å²) in [6.07, 6.45) is 0. The number of aliphatic hydroxyl groups excluding tert-OH is 1. The summed E-state index contributed by atoms with van der Waals surface area (Å²) in [5, 5.41) is 10.7. The lowest BCUT2D eigenvalue weighted by atomic mass is 10.0. The first kappa shape index (κ1) is 9.57. The summed E-state index contributed by atoms with van der Waals surface area (Å²) in [5.74, 6) is 5.55. The van der Waals surface area contributed by atoms with E-state index >= 15 is 0 Å². The monoisotopic (exact) mass is 197 g/mol. The molecule has 0 bridgehead atoms. The zero-order chi connectivity index (χ0) is 10.7. The molecule has 3 N–H and O–H groups in total. The molecule has 0 aromatic heterocycles. The third-order valence-corrected chi connectivity index (χ3v) is 2.26. The van der Waals surface area contributed by atoms with Crippen LogP contribution in [0.2, 0.25) is 0 Å². The topological polar surface area (TPSA) is 46.2 Å². The highest BCUT2D eigenvalue weighted by Gasteiger charge is 2.00. The maximum Gasteiger partial charge on any atom is 0.104 e. The highest BCUT2D eigenvalue weighted by molar-refractivity contribution is 5.96. The van der Waals surface area contributed by atoms with Crippen LogP contribution in [0.4, 0.5) is 5.69 Å². The molecule has 15 heavy (non-hydrogen) atoms. The van der Waals surface area contributed by atoms with E-state index in [1.165, 1.54) is 0 Å². The molecule has 0 saturated carbocycles. The van der Waals surface area contributed by atoms with E-state index in [1.807, 2.05) is 36.4 Å². The average molecular weight is 197 g/mol. The fraction of sp³-hybridized carbons (Fsp3) is 0.0769. The maximum atomic E-state index is 8.66. The second kappa shape index (κ2) is 4.04. The third kappa shape index (κ3) is 1.78. The van der Waals surface area contributed by atoms with E-state index in [4.69, 9.17) is 10.8 Å². The van der Waals surface area contributed by atoms with Crippen molar-refractivity contribution in [2.75, 3.05) is 12.3 Å². The smallest absolute Gasteiger partial charge is 0.104 e. The summed E-state index contributed by atoms with van der Waals surface area (Å²) in [7, 11) is 0. The summed E-state index contributed by atoms with van der Waals surface area (Å²) < 4.78 is 0. The van der Waals surface area contributed by atoms with Crippen molar-refractivity contribution in [3.63, 3.8) is 0 Å². The molecule has 0 aliphatic rings. The largest absolute Gasteiger partial charge is 0.398 e. The molecular weight excluding hydrogens is 186 g/mol. The van der Waals surface area contributed by atoms with E-state index in [2.05, 4.69) is 11.8 Å². The molecule has 2 aromatic rings. The Kier molecular flexibility index (Phi) is 2.57. The quantitative estimate of drug-likeness (QED) is 0.499. The van der Waals surface area contributed by atoms with E-state index in [-0.39, 0.29) is 6.61 Å². The lowest BCUT2D eigenvalue weighted by Crippen LogP contribution is -1.89. The van der Waals surface area contributed by atoms with E-state index in [0.717, 1.165) is 22.0 Å². The van der Waals surface area contributed by atoms with E-state index in [0.29, 0.717) is 0 Å². The zero-order valence-corrected chi connectivity index (χ0v) is 8.20. The summed E-state index contributed by atoms with van der Waals surface area (Å²) in [6.45, 7) is -0.126. The zero-order valence-electron chi connectivity index (χ0n) is 8.20. The predicted molar refractivity (Wildman–Crippen MR) is 62.3 cm³/mol. The Bertz CT molecular complexity index is 549. The van der Waals surface area contributed by atoms with Crippen LogP contribution in [-0.2, 0) is 0 Å². The number of anilines is 1. The number of nitrogen functional groups attached to an aromatic ring is 1. The Morgan fingerprint density at radius 3 is 2.53 bits per heavy atom. The second-order valence-corrected chi connectivity index (χ2v) is 3.21. The molecule has 2 rings (SSSR count). The number of aliphatic hydroxyl groups is 1. The minimum atomic E-state index is -0.126. The van der Waals surface area contributed by atoms with Crippen LogP contribution in [-0.4, -0.2) is 11.7 Å². The van der Waals surface area contributed by atoms with E-state index in [9.17, 15) is 0 Å². The highest BCUT2D eigenvalue weighted by Crippen LogP contribution is 2.23. The van der Waals surface area contributed by atoms with Crippen molar-refractivity contribution >= 4 is 16.5 Å². The SMILES string of the molecule is Nc1ccc(C#CCO)c2ccccc12. The number of hydrogen-bond acceptors (Lipinski definition) is 2. The molecule has 0 atom stereocenters. The Morgan fingerprint density at radius 2 is 1.80 bits per heavy atom. The summed E-state index contributed by atoms with van der Waals surface area (Å²) in [4.78, 5) is 0. The lowest BCUT2D eigenvalue weighted by molar-refractivity contribution is 0.350. The van der Waals surface area contributed by atoms with Gasteiger partial charge in [0.25, 0.3) is 0 Å². The van der Waals surface area contributed by atoms with Gasteiger partial charge in [0.2, 0.25) is 0 Å². The number of hydrogen-bond donors (Lipinski definition) is 2. The molecule has 0 fully saturated rings. The molecule has 74 valence electrons. The number of fused-ring (bicyclic) bond motifs is 1. The first-order valence-electron chi connectivity index (χ1n) is 4.70. The van der Waals surface area contributed by atoms with Gasteiger partial charge in [-0.3, -0.25) is 0 Å². The van der Waals surface area contributed by atoms with Gasteiger partial charge in [-0.25, -0.2) is 0 Å². The predicted octanol–water partition coefficient (Wildman–Crippen LogP) is 1.77. The Labute approximate surface area is 88.3 Å². The fourth-order valence-electron chi connectivity index (χ4n) is 1.57. The van der Waals surface area contributed by atoms with Gasteiger partial charge in [-0.05, 0) is 17.5 Å². The van der Waals surface area contributed by atoms with Gasteiger partial charge in [0.05, 0.1) is 0 Å². The van der Waals surface area contributed by atoms with Crippen LogP contribution in [0, 0.1) is 11.8 Å². The normalized spacial score (nSPS) is 9.67. The van der Waals surface area contributed by atoms with Crippen LogP contribution >= 0.6 is 0 Å². The van der Waals surface area contributed by atoms with Crippen LogP contribution in [0.5, 0.6) is 0 Å². The molecular formula is C13H11NO. The van der Waals surface area contributed by atoms with Gasteiger partial charge in [0.15, 0.2) is 0 Å². The van der Waals surface area contributed by atoms with Gasteiger partial charge in [-0.1, -0.05) is 36.1 Å². The number of rotatable bonds is 0. The van der Waals surface area contributed by atoms with Crippen molar-refractivity contribution in [3.05, 3.63) is 42.0 Å². The van der Waals surface area contributed by atoms with Crippen molar-refractivity contribution in [1.29, 1.82) is 0 Å². The molecule has 0 radical (unpaired) electrons. The molecule has 2 aromatic carbocycles. The van der Waals surface area contributed by atoms with Crippen molar-refractivity contribution < 1.29 is 5.11 Å². The third-order valence-electron chi connectivity index (χ3n) is 2.26. The van der Waals surface area contributed by atoms with Gasteiger partial charge >= 0.3 is 0 Å². The molecule has 0 amide bonds. The van der Waals surface area contributed by atoms with Crippen LogP contribution in [0.3, 0.4) is 0 Å². The highest BCUT2D eigenvalue weighted by atomic mass is 16.2. The molecule has 0 spiro atoms. The van der Waals surface area contributed by atoms with Crippen LogP contribution < -0.4 is 5.73 Å². The Balaban J connectivity index is 2.72. The van der Waals surface area contributed by atoms with Gasteiger partial charge < -0.3 is 10.8 Å². The van der Waals surface area contributed by atoms with Crippen LogP contribution in [0.1, 0.15) is 5.56 Å². The first-order valence-corrected chi connectivity index (χ1v) is 4.70. The van der Waals surface area contributed by atoms with E-state index < -0.39 is 0 Å². The lowest BCUT2D eigenvalue weighted by Gasteiger charge is -2.03. The number of benzene rings is 2. The summed E-state index contributed by atoms with van der Waals surface area (Å²) in [5.41, 5.74) is 7.50. The van der Waals surface area contributed by atoms with Crippen LogP contribution in [0.25, 0.3) is 10.8 Å². The first-order chi connectivity index (χ1) is 7.33. The van der Waals surface area contributed by atoms with Gasteiger partial charge in [0, 0.05) is 16.6 Å². The van der Waals surface area contributed by atoms with Gasteiger partial charge in [-0.15, -0.1) is 0 Å². The van der Waals surface area contributed by atoms with Crippen molar-refractivity contribution in [1.82, 2.24) is 0 Å². The molecule has 0 aliphatic carbocycles. The van der Waals surface area contributed by atoms with Gasteiger partial charge in [0.1, 0.15) is 6.61 Å². The Morgan fingerprint density at radius 1 is 1.07 bits per heavy atom. The molecule has 2 nitrogen and oxygen atoms in total. The minimum Gasteiger partial charge on any atom is -0.398 e. The fourth-order valence-corrected chi connectivity index (χ4v) is 1.57. The summed E-state index contributed by atoms with van der Waals surface area (Å²) >= 11 is 0. The van der Waals surface area contributed by atoms with Gasteiger partial charge in [-0.2, -0.15) is 0 Å². The number of nitrogens with two attached hydrogens (primary N) is 1. The molecule has 0 saturated heterocycles. The van der Waals surface area contributed by atoms with Crippen LogP contribution in [0.15, 0.2) is 36.4 Å². The molecule has 0 heterocycles. The molecule has 0 aliphatic heterocycles. The van der Waals surface area contributed by atoms with Crippen molar-refractivity contribution in [3.8, 4) is 11.8 Å². The molecule has 2 heteroatoms. The molecule has 0 unspecified atom stereocenters. The minimum absolute atomic E-state index is 0.126. The summed E-state index contributed by atoms with van der Waals surface area (Å²) in [6, 6.07) is 11.6. The van der Waals surface area contributed by atoms with E-state index in [1.54, 1.807) is 0 Å². The average Bonchev–Trinajstić information content (AvgIpc) is 2.29. The standard InChI is InChI=1S/C13H11NO/c14-13-8-7-10(4-3-9-15)11-5-1-2-6-12(11)13/h1-2,5-8,15H,9,14H2. The van der Waals surface area contributed by atoms with Crippen molar-refractivity contribution in [2.45, 2.75) is 0 Å². The maximum absolute atomic E-state index is 8.66. The second-order valence-electron chi connectivity index (χ2n) is 3.21.